The number of rotatable bonds is 66. The lowest BCUT2D eigenvalue weighted by atomic mass is 10.0. The maximum absolute atomic E-state index is 13.0. The molecule has 12 heteroatoms. The Hall–Kier alpha value is -1.78. The van der Waals surface area contributed by atoms with Gasteiger partial charge in [0.25, 0.3) is 0 Å². The summed E-state index contributed by atoms with van der Waals surface area (Å²) in [5.74, 6) is -1.43. The number of hydrogen-bond acceptors (Lipinski definition) is 10. The Morgan fingerprint density at radius 1 is 0.338 bits per heavy atom. The molecule has 0 aromatic carbocycles. The van der Waals surface area contributed by atoms with Gasteiger partial charge in [0.2, 0.25) is 0 Å². The van der Waals surface area contributed by atoms with Crippen molar-refractivity contribution in [2.24, 2.45) is 0 Å². The van der Waals surface area contributed by atoms with Crippen molar-refractivity contribution < 1.29 is 52.2 Å². The number of esters is 3. The fourth-order valence-electron chi connectivity index (χ4n) is 10.4. The van der Waals surface area contributed by atoms with Gasteiger partial charge in [0.05, 0.1) is 19.8 Å². The minimum absolute atomic E-state index is 0.177. The summed E-state index contributed by atoms with van der Waals surface area (Å²) in [6.45, 7) is 4.75. The molecule has 0 amide bonds. The SMILES string of the molecule is CCCCCCCC/C=C\CCCCCCCCCC(=O)OC(CO)COP(=O)(O)OCC(COC(=O)CCCCCCCCCCCCCCCCCCC)OC(=O)CCCCCCCCCCCCCCCCCCCCC. The van der Waals surface area contributed by atoms with E-state index in [2.05, 4.69) is 32.9 Å². The third-order valence-electron chi connectivity index (χ3n) is 15.7. The minimum Gasteiger partial charge on any atom is -0.462 e. The van der Waals surface area contributed by atoms with E-state index in [-0.39, 0.29) is 25.9 Å². The van der Waals surface area contributed by atoms with Crippen LogP contribution in [0.1, 0.15) is 367 Å². The molecule has 0 spiro atoms. The van der Waals surface area contributed by atoms with E-state index in [1.54, 1.807) is 0 Å². The van der Waals surface area contributed by atoms with E-state index in [0.717, 1.165) is 64.2 Å². The first-order chi connectivity index (χ1) is 39.2. The van der Waals surface area contributed by atoms with Gasteiger partial charge in [-0.05, 0) is 44.9 Å². The first-order valence-electron chi connectivity index (χ1n) is 34.6. The topological polar surface area (TPSA) is 155 Å². The lowest BCUT2D eigenvalue weighted by Crippen LogP contribution is -2.30. The van der Waals surface area contributed by atoms with Crippen LogP contribution in [0.25, 0.3) is 0 Å². The highest BCUT2D eigenvalue weighted by atomic mass is 31.2. The van der Waals surface area contributed by atoms with E-state index >= 15 is 0 Å². The number of aliphatic hydroxyl groups excluding tert-OH is 1. The van der Waals surface area contributed by atoms with E-state index in [4.69, 9.17) is 23.3 Å². The molecule has 474 valence electrons. The molecule has 3 unspecified atom stereocenters. The van der Waals surface area contributed by atoms with Crippen LogP contribution in [-0.2, 0) is 42.2 Å². The predicted octanol–water partition coefficient (Wildman–Crippen LogP) is 21.2. The summed E-state index contributed by atoms with van der Waals surface area (Å²) >= 11 is 0. The molecule has 0 rings (SSSR count). The smallest absolute Gasteiger partial charge is 0.462 e. The number of carbonyl (C=O) groups is 3. The third kappa shape index (κ3) is 60.8. The van der Waals surface area contributed by atoms with E-state index in [9.17, 15) is 28.9 Å². The van der Waals surface area contributed by atoms with Crippen molar-refractivity contribution in [1.82, 2.24) is 0 Å². The Labute approximate surface area is 494 Å². The molecule has 0 heterocycles. The molecule has 11 nitrogen and oxygen atoms in total. The predicted molar refractivity (Wildman–Crippen MR) is 335 cm³/mol. The van der Waals surface area contributed by atoms with Gasteiger partial charge in [-0.25, -0.2) is 4.57 Å². The Balaban J connectivity index is 4.62. The van der Waals surface area contributed by atoms with Crippen LogP contribution in [0.4, 0.5) is 0 Å². The zero-order chi connectivity index (χ0) is 58.3. The highest BCUT2D eigenvalue weighted by Crippen LogP contribution is 2.43. The van der Waals surface area contributed by atoms with Crippen LogP contribution in [0, 0.1) is 0 Å². The summed E-state index contributed by atoms with van der Waals surface area (Å²) < 4.78 is 39.8. The van der Waals surface area contributed by atoms with Crippen LogP contribution >= 0.6 is 7.82 Å². The van der Waals surface area contributed by atoms with Crippen molar-refractivity contribution in [2.75, 3.05) is 26.4 Å². The van der Waals surface area contributed by atoms with Gasteiger partial charge in [0.1, 0.15) is 12.7 Å². The number of ether oxygens (including phenoxy) is 3. The first kappa shape index (κ1) is 78.2. The van der Waals surface area contributed by atoms with Gasteiger partial charge < -0.3 is 24.2 Å². The van der Waals surface area contributed by atoms with Gasteiger partial charge in [-0.15, -0.1) is 0 Å². The van der Waals surface area contributed by atoms with E-state index in [1.165, 1.54) is 244 Å². The molecule has 0 radical (unpaired) electrons. The van der Waals surface area contributed by atoms with Crippen LogP contribution in [0.2, 0.25) is 0 Å². The highest BCUT2D eigenvalue weighted by Gasteiger charge is 2.28. The van der Waals surface area contributed by atoms with E-state index in [1.807, 2.05) is 0 Å². The molecule has 0 aliphatic carbocycles. The fourth-order valence-corrected chi connectivity index (χ4v) is 11.2. The van der Waals surface area contributed by atoms with Crippen molar-refractivity contribution in [1.29, 1.82) is 0 Å². The van der Waals surface area contributed by atoms with Crippen LogP contribution in [0.3, 0.4) is 0 Å². The zero-order valence-electron chi connectivity index (χ0n) is 52.8. The van der Waals surface area contributed by atoms with Gasteiger partial charge >= 0.3 is 25.7 Å². The average Bonchev–Trinajstić information content (AvgIpc) is 3.45. The Bertz CT molecular complexity index is 1390. The van der Waals surface area contributed by atoms with Gasteiger partial charge in [-0.3, -0.25) is 23.4 Å². The molecule has 2 N–H and O–H groups in total. The second kappa shape index (κ2) is 63.2. The van der Waals surface area contributed by atoms with Crippen LogP contribution in [0.5, 0.6) is 0 Å². The number of phosphoric acid groups is 1. The monoisotopic (exact) mass is 1150 g/mol. The summed E-state index contributed by atoms with van der Waals surface area (Å²) in [5.41, 5.74) is 0. The maximum Gasteiger partial charge on any atom is 0.472 e. The Morgan fingerprint density at radius 2 is 0.575 bits per heavy atom. The number of carbonyl (C=O) groups excluding carboxylic acids is 3. The molecule has 80 heavy (non-hydrogen) atoms. The maximum atomic E-state index is 13.0. The Kier molecular flexibility index (Phi) is 61.8. The molecule has 0 aliphatic heterocycles. The summed E-state index contributed by atoms with van der Waals surface area (Å²) in [7, 11) is -4.75. The van der Waals surface area contributed by atoms with Gasteiger partial charge in [0.15, 0.2) is 6.10 Å². The van der Waals surface area contributed by atoms with Gasteiger partial charge in [0, 0.05) is 19.3 Å². The van der Waals surface area contributed by atoms with Crippen molar-refractivity contribution in [3.05, 3.63) is 12.2 Å². The quantitative estimate of drug-likeness (QED) is 0.0197. The molecule has 0 saturated heterocycles. The minimum atomic E-state index is -4.75. The number of unbranched alkanes of at least 4 members (excludes halogenated alkanes) is 47. The highest BCUT2D eigenvalue weighted by molar-refractivity contribution is 7.47. The molecule has 0 bridgehead atoms. The molecule has 0 aliphatic rings. The second-order valence-electron chi connectivity index (χ2n) is 23.7. The largest absolute Gasteiger partial charge is 0.472 e. The first-order valence-corrected chi connectivity index (χ1v) is 36.1. The number of allylic oxidation sites excluding steroid dienone is 2. The lowest BCUT2D eigenvalue weighted by molar-refractivity contribution is -0.161. The number of aliphatic hydroxyl groups is 1. The van der Waals surface area contributed by atoms with Crippen molar-refractivity contribution in [2.45, 2.75) is 380 Å². The van der Waals surface area contributed by atoms with Crippen molar-refractivity contribution >= 4 is 25.7 Å². The van der Waals surface area contributed by atoms with E-state index in [0.29, 0.717) is 19.3 Å². The summed E-state index contributed by atoms with van der Waals surface area (Å²) in [5, 5.41) is 9.87. The van der Waals surface area contributed by atoms with Crippen molar-refractivity contribution in [3.63, 3.8) is 0 Å². The van der Waals surface area contributed by atoms with Gasteiger partial charge in [-0.1, -0.05) is 315 Å². The molecular formula is C68H131O11P. The standard InChI is InChI=1S/C68H131O11P/c1-4-7-10-13-16-19-22-25-28-31-32-35-38-41-44-47-50-53-56-59-68(72)79-65(61-75-66(70)57-54-51-48-45-42-39-36-33-29-26-23-20-17-14-11-8-5-2)63-77-80(73,74)76-62-64(60-69)78-67(71)58-55-52-49-46-43-40-37-34-30-27-24-21-18-15-12-9-6-3/h27,30,64-65,69H,4-26,28-29,31-63H2,1-3H3,(H,73,74)/b30-27-. The molecule has 3 atom stereocenters. The molecular weight excluding hydrogens is 1020 g/mol. The van der Waals surface area contributed by atoms with Crippen molar-refractivity contribution in [3.8, 4) is 0 Å². The third-order valence-corrected chi connectivity index (χ3v) is 16.6. The average molecular weight is 1160 g/mol. The van der Waals surface area contributed by atoms with Crippen LogP contribution in [-0.4, -0.2) is 66.5 Å². The molecule has 0 fully saturated rings. The number of hydrogen-bond donors (Lipinski definition) is 2. The lowest BCUT2D eigenvalue weighted by Gasteiger charge is -2.21. The number of phosphoric ester groups is 1. The molecule has 0 aromatic rings. The second-order valence-corrected chi connectivity index (χ2v) is 25.2. The summed E-state index contributed by atoms with van der Waals surface area (Å²) in [4.78, 5) is 48.9. The molecule has 0 saturated carbocycles. The zero-order valence-corrected chi connectivity index (χ0v) is 53.7. The molecule has 0 aromatic heterocycles. The van der Waals surface area contributed by atoms with Gasteiger partial charge in [-0.2, -0.15) is 0 Å². The normalized spacial score (nSPS) is 13.2. The van der Waals surface area contributed by atoms with Crippen LogP contribution in [0.15, 0.2) is 12.2 Å². The van der Waals surface area contributed by atoms with Crippen LogP contribution < -0.4 is 0 Å². The Morgan fingerprint density at radius 3 is 0.863 bits per heavy atom. The summed E-state index contributed by atoms with van der Waals surface area (Å²) in [6, 6.07) is 0. The fraction of sp³-hybridized carbons (Fsp3) is 0.926. The van der Waals surface area contributed by atoms with E-state index < -0.39 is 57.8 Å². The summed E-state index contributed by atoms with van der Waals surface area (Å²) in [6.07, 6.45) is 65.9.